The molecule has 0 aliphatic carbocycles. The maximum absolute atomic E-state index is 12.3. The molecule has 0 aliphatic heterocycles. The molecule has 2 aromatic rings. The molecule has 0 unspecified atom stereocenters. The molecule has 0 spiro atoms. The van der Waals surface area contributed by atoms with E-state index < -0.39 is 0 Å². The first kappa shape index (κ1) is 15.1. The molecular formula is C16H15BrClNO. The number of aryl methyl sites for hydroxylation is 2. The van der Waals surface area contributed by atoms with Crippen LogP contribution >= 0.6 is 27.5 Å². The van der Waals surface area contributed by atoms with Crippen molar-refractivity contribution in [3.05, 3.63) is 62.6 Å². The van der Waals surface area contributed by atoms with Crippen molar-refractivity contribution in [3.8, 4) is 0 Å². The van der Waals surface area contributed by atoms with Gasteiger partial charge in [-0.1, -0.05) is 34.5 Å². The number of amides is 1. The summed E-state index contributed by atoms with van der Waals surface area (Å²) in [5, 5.41) is 3.51. The van der Waals surface area contributed by atoms with Gasteiger partial charge in [0.25, 0.3) is 5.91 Å². The third-order valence-electron chi connectivity index (χ3n) is 3.00. The molecule has 1 N–H and O–H groups in total. The average molecular weight is 353 g/mol. The fourth-order valence-corrected chi connectivity index (χ4v) is 2.74. The lowest BCUT2D eigenvalue weighted by atomic mass is 10.1. The van der Waals surface area contributed by atoms with E-state index in [4.69, 9.17) is 11.6 Å². The molecule has 0 saturated heterocycles. The Balaban J connectivity index is 2.27. The van der Waals surface area contributed by atoms with Crippen molar-refractivity contribution in [2.75, 3.05) is 5.32 Å². The second-order valence-corrected chi connectivity index (χ2v) is 5.98. The Morgan fingerprint density at radius 2 is 2.00 bits per heavy atom. The molecular weight excluding hydrogens is 338 g/mol. The number of halogens is 2. The van der Waals surface area contributed by atoms with Gasteiger partial charge in [0.1, 0.15) is 0 Å². The molecule has 0 heterocycles. The highest BCUT2D eigenvalue weighted by Crippen LogP contribution is 2.23. The highest BCUT2D eigenvalue weighted by molar-refractivity contribution is 9.10. The normalized spacial score (nSPS) is 10.4. The number of carbonyl (C=O) groups is 1. The second-order valence-electron chi connectivity index (χ2n) is 4.63. The molecule has 20 heavy (non-hydrogen) atoms. The van der Waals surface area contributed by atoms with Gasteiger partial charge in [0.05, 0.1) is 0 Å². The Hall–Kier alpha value is -1.32. The number of nitrogens with one attached hydrogen (secondary N) is 1. The monoisotopic (exact) mass is 351 g/mol. The topological polar surface area (TPSA) is 29.1 Å². The fraction of sp³-hybridized carbons (Fsp3) is 0.188. The van der Waals surface area contributed by atoms with Crippen molar-refractivity contribution < 1.29 is 4.79 Å². The van der Waals surface area contributed by atoms with Crippen LogP contribution in [0, 0.1) is 6.92 Å². The standard InChI is InChI=1S/C16H15BrClNO/c1-3-11-8-13(17)4-5-15(11)19-16(20)12-6-10(2)7-14(18)9-12/h4-9H,3H2,1-2H3,(H,19,20). The fourth-order valence-electron chi connectivity index (χ4n) is 2.04. The van der Waals surface area contributed by atoms with Crippen LogP contribution in [0.3, 0.4) is 0 Å². The van der Waals surface area contributed by atoms with Crippen LogP contribution in [0.1, 0.15) is 28.4 Å². The maximum Gasteiger partial charge on any atom is 0.255 e. The zero-order chi connectivity index (χ0) is 14.7. The number of anilines is 1. The first-order valence-corrected chi connectivity index (χ1v) is 7.53. The molecule has 2 nitrogen and oxygen atoms in total. The van der Waals surface area contributed by atoms with Gasteiger partial charge < -0.3 is 5.32 Å². The van der Waals surface area contributed by atoms with Gasteiger partial charge >= 0.3 is 0 Å². The van der Waals surface area contributed by atoms with E-state index >= 15 is 0 Å². The zero-order valence-corrected chi connectivity index (χ0v) is 13.7. The number of hydrogen-bond donors (Lipinski definition) is 1. The number of benzene rings is 2. The number of carbonyl (C=O) groups excluding carboxylic acids is 1. The smallest absolute Gasteiger partial charge is 0.255 e. The zero-order valence-electron chi connectivity index (χ0n) is 11.3. The van der Waals surface area contributed by atoms with Crippen LogP contribution in [0.4, 0.5) is 5.69 Å². The Bertz CT molecular complexity index is 635. The molecule has 2 rings (SSSR count). The van der Waals surface area contributed by atoms with Gasteiger partial charge in [-0.25, -0.2) is 0 Å². The average Bonchev–Trinajstić information content (AvgIpc) is 2.39. The summed E-state index contributed by atoms with van der Waals surface area (Å²) in [6.45, 7) is 3.97. The van der Waals surface area contributed by atoms with E-state index in [2.05, 4.69) is 28.2 Å². The summed E-state index contributed by atoms with van der Waals surface area (Å²) in [4.78, 5) is 12.3. The lowest BCUT2D eigenvalue weighted by Crippen LogP contribution is -2.13. The summed E-state index contributed by atoms with van der Waals surface area (Å²) in [6.07, 6.45) is 0.851. The Morgan fingerprint density at radius 1 is 1.25 bits per heavy atom. The van der Waals surface area contributed by atoms with Crippen LogP contribution in [-0.2, 0) is 6.42 Å². The van der Waals surface area contributed by atoms with Crippen molar-refractivity contribution in [2.24, 2.45) is 0 Å². The molecule has 1 amide bonds. The summed E-state index contributed by atoms with van der Waals surface area (Å²) in [7, 11) is 0. The van der Waals surface area contributed by atoms with Crippen LogP contribution in [0.25, 0.3) is 0 Å². The summed E-state index contributed by atoms with van der Waals surface area (Å²) in [6, 6.07) is 11.2. The van der Waals surface area contributed by atoms with Crippen LogP contribution in [0.2, 0.25) is 5.02 Å². The van der Waals surface area contributed by atoms with E-state index in [0.717, 1.165) is 27.7 Å². The largest absolute Gasteiger partial charge is 0.322 e. The minimum absolute atomic E-state index is 0.146. The van der Waals surface area contributed by atoms with Gasteiger partial charge in [-0.3, -0.25) is 4.79 Å². The molecule has 104 valence electrons. The van der Waals surface area contributed by atoms with E-state index in [-0.39, 0.29) is 5.91 Å². The molecule has 0 radical (unpaired) electrons. The predicted molar refractivity (Wildman–Crippen MR) is 87.7 cm³/mol. The van der Waals surface area contributed by atoms with E-state index in [0.29, 0.717) is 10.6 Å². The second kappa shape index (κ2) is 6.42. The molecule has 0 bridgehead atoms. The molecule has 0 aliphatic rings. The number of hydrogen-bond acceptors (Lipinski definition) is 1. The van der Waals surface area contributed by atoms with Crippen molar-refractivity contribution in [3.63, 3.8) is 0 Å². The van der Waals surface area contributed by atoms with Crippen LogP contribution in [0.15, 0.2) is 40.9 Å². The third-order valence-corrected chi connectivity index (χ3v) is 3.71. The van der Waals surface area contributed by atoms with Crippen LogP contribution in [0.5, 0.6) is 0 Å². The van der Waals surface area contributed by atoms with Crippen molar-refractivity contribution in [2.45, 2.75) is 20.3 Å². The SMILES string of the molecule is CCc1cc(Br)ccc1NC(=O)c1cc(C)cc(Cl)c1. The first-order chi connectivity index (χ1) is 9.49. The lowest BCUT2D eigenvalue weighted by molar-refractivity contribution is 0.102. The molecule has 0 atom stereocenters. The maximum atomic E-state index is 12.3. The van der Waals surface area contributed by atoms with Gasteiger partial charge in [0, 0.05) is 20.7 Å². The van der Waals surface area contributed by atoms with Crippen molar-refractivity contribution >= 4 is 39.1 Å². The van der Waals surface area contributed by atoms with E-state index in [1.165, 1.54) is 0 Å². The Labute approximate surface area is 132 Å². The summed E-state index contributed by atoms with van der Waals surface area (Å²) >= 11 is 9.43. The quantitative estimate of drug-likeness (QED) is 0.805. The summed E-state index contributed by atoms with van der Waals surface area (Å²) < 4.78 is 1.01. The van der Waals surface area contributed by atoms with Gasteiger partial charge in [-0.2, -0.15) is 0 Å². The van der Waals surface area contributed by atoms with E-state index in [9.17, 15) is 4.79 Å². The lowest BCUT2D eigenvalue weighted by Gasteiger charge is -2.11. The van der Waals surface area contributed by atoms with Gasteiger partial charge in [0.15, 0.2) is 0 Å². The van der Waals surface area contributed by atoms with Gasteiger partial charge in [-0.05, 0) is 60.9 Å². The molecule has 0 saturated carbocycles. The summed E-state index contributed by atoms with van der Waals surface area (Å²) in [5.74, 6) is -0.146. The Kier molecular flexibility index (Phi) is 4.84. The molecule has 0 aromatic heterocycles. The molecule has 4 heteroatoms. The van der Waals surface area contributed by atoms with Crippen molar-refractivity contribution in [1.29, 1.82) is 0 Å². The number of rotatable bonds is 3. The van der Waals surface area contributed by atoms with Crippen molar-refractivity contribution in [1.82, 2.24) is 0 Å². The highest BCUT2D eigenvalue weighted by Gasteiger charge is 2.10. The van der Waals surface area contributed by atoms with Gasteiger partial charge in [0.2, 0.25) is 0 Å². The van der Waals surface area contributed by atoms with E-state index in [1.807, 2.05) is 37.3 Å². The minimum Gasteiger partial charge on any atom is -0.322 e. The highest BCUT2D eigenvalue weighted by atomic mass is 79.9. The third kappa shape index (κ3) is 3.62. The van der Waals surface area contributed by atoms with Crippen LogP contribution in [-0.4, -0.2) is 5.91 Å². The predicted octanol–water partition coefficient (Wildman–Crippen LogP) is 5.23. The molecule has 2 aromatic carbocycles. The summed E-state index contributed by atoms with van der Waals surface area (Å²) in [5.41, 5.74) is 3.46. The minimum atomic E-state index is -0.146. The first-order valence-electron chi connectivity index (χ1n) is 6.36. The Morgan fingerprint density at radius 3 is 2.65 bits per heavy atom. The van der Waals surface area contributed by atoms with Gasteiger partial charge in [-0.15, -0.1) is 0 Å². The molecule has 0 fully saturated rings. The van der Waals surface area contributed by atoms with Crippen LogP contribution < -0.4 is 5.32 Å². The van der Waals surface area contributed by atoms with E-state index in [1.54, 1.807) is 6.07 Å².